The number of aliphatic hydroxyl groups excluding tert-OH is 1. The Morgan fingerprint density at radius 2 is 1.50 bits per heavy atom. The molecular formula is C14H27NO5. The quantitative estimate of drug-likeness (QED) is 0.800. The molecule has 0 saturated carbocycles. The number of rotatable bonds is 4. The molecule has 0 rings (SSSR count). The first kappa shape index (κ1) is 18.7. The molecule has 0 aromatic carbocycles. The Morgan fingerprint density at radius 3 is 1.85 bits per heavy atom. The summed E-state index contributed by atoms with van der Waals surface area (Å²) in [6, 6.07) is 0. The number of amides is 1. The standard InChI is InChI=1S/C14H27NO5/c1-10(16)8-15(12(18)20-14(5,6)7)9-11(17)19-13(2,3)4/h10,16H,8-9H2,1-7H3. The van der Waals surface area contributed by atoms with Gasteiger partial charge in [0.15, 0.2) is 0 Å². The number of nitrogens with zero attached hydrogens (tertiary/aromatic N) is 1. The predicted molar refractivity (Wildman–Crippen MR) is 75.3 cm³/mol. The van der Waals surface area contributed by atoms with Crippen LogP contribution in [0.15, 0.2) is 0 Å². The van der Waals surface area contributed by atoms with E-state index in [2.05, 4.69) is 0 Å². The average molecular weight is 289 g/mol. The molecule has 0 aliphatic carbocycles. The summed E-state index contributed by atoms with van der Waals surface area (Å²) in [6.07, 6.45) is -1.41. The fraction of sp³-hybridized carbons (Fsp3) is 0.857. The van der Waals surface area contributed by atoms with Crippen LogP contribution in [0.3, 0.4) is 0 Å². The average Bonchev–Trinajstić information content (AvgIpc) is 2.09. The van der Waals surface area contributed by atoms with Crippen molar-refractivity contribution in [3.8, 4) is 0 Å². The molecule has 6 heteroatoms. The van der Waals surface area contributed by atoms with Crippen molar-refractivity contribution in [1.29, 1.82) is 0 Å². The van der Waals surface area contributed by atoms with Crippen molar-refractivity contribution >= 4 is 12.1 Å². The second-order valence-electron chi connectivity index (χ2n) is 6.80. The van der Waals surface area contributed by atoms with Crippen molar-refractivity contribution in [2.45, 2.75) is 65.8 Å². The second kappa shape index (κ2) is 6.92. The van der Waals surface area contributed by atoms with Crippen molar-refractivity contribution in [2.75, 3.05) is 13.1 Å². The van der Waals surface area contributed by atoms with Gasteiger partial charge in [-0.3, -0.25) is 9.69 Å². The third-order valence-electron chi connectivity index (χ3n) is 1.88. The molecular weight excluding hydrogens is 262 g/mol. The van der Waals surface area contributed by atoms with E-state index in [1.54, 1.807) is 41.5 Å². The molecule has 0 aromatic rings. The number of esters is 1. The molecule has 20 heavy (non-hydrogen) atoms. The third-order valence-corrected chi connectivity index (χ3v) is 1.88. The molecule has 0 heterocycles. The monoisotopic (exact) mass is 289 g/mol. The minimum absolute atomic E-state index is 0.00809. The Morgan fingerprint density at radius 1 is 1.05 bits per heavy atom. The lowest BCUT2D eigenvalue weighted by Gasteiger charge is -2.28. The van der Waals surface area contributed by atoms with Gasteiger partial charge in [0.1, 0.15) is 17.7 Å². The SMILES string of the molecule is CC(O)CN(CC(=O)OC(C)(C)C)C(=O)OC(C)(C)C. The Bertz CT molecular complexity index is 338. The lowest BCUT2D eigenvalue weighted by atomic mass is 10.2. The number of hydrogen-bond donors (Lipinski definition) is 1. The number of hydrogen-bond acceptors (Lipinski definition) is 5. The number of aliphatic hydroxyl groups is 1. The van der Waals surface area contributed by atoms with Gasteiger partial charge in [-0.1, -0.05) is 0 Å². The van der Waals surface area contributed by atoms with Crippen molar-refractivity contribution in [2.24, 2.45) is 0 Å². The Labute approximate surface area is 121 Å². The molecule has 0 radical (unpaired) electrons. The summed E-state index contributed by atoms with van der Waals surface area (Å²) >= 11 is 0. The summed E-state index contributed by atoms with van der Waals surface area (Å²) in [5.74, 6) is -0.538. The molecule has 0 aliphatic heterocycles. The predicted octanol–water partition coefficient (Wildman–Crippen LogP) is 1.95. The maximum Gasteiger partial charge on any atom is 0.410 e. The van der Waals surface area contributed by atoms with Crippen LogP contribution in [-0.4, -0.2) is 52.5 Å². The molecule has 0 saturated heterocycles. The van der Waals surface area contributed by atoms with Gasteiger partial charge in [0.25, 0.3) is 0 Å². The Hall–Kier alpha value is -1.30. The molecule has 0 fully saturated rings. The Balaban J connectivity index is 4.73. The highest BCUT2D eigenvalue weighted by Gasteiger charge is 2.27. The van der Waals surface area contributed by atoms with Gasteiger partial charge in [-0.05, 0) is 48.5 Å². The number of carbonyl (C=O) groups is 2. The van der Waals surface area contributed by atoms with E-state index in [4.69, 9.17) is 9.47 Å². The second-order valence-corrected chi connectivity index (χ2v) is 6.80. The third kappa shape index (κ3) is 9.61. The first-order chi connectivity index (χ1) is 8.80. The van der Waals surface area contributed by atoms with Crippen LogP contribution < -0.4 is 0 Å². The van der Waals surface area contributed by atoms with Gasteiger partial charge in [0.2, 0.25) is 0 Å². The summed E-state index contributed by atoms with van der Waals surface area (Å²) in [5.41, 5.74) is -1.29. The van der Waals surface area contributed by atoms with Gasteiger partial charge in [-0.25, -0.2) is 4.79 Å². The van der Waals surface area contributed by atoms with Gasteiger partial charge in [0, 0.05) is 0 Å². The summed E-state index contributed by atoms with van der Waals surface area (Å²) in [5, 5.41) is 9.41. The topological polar surface area (TPSA) is 76.1 Å². The highest BCUT2D eigenvalue weighted by molar-refractivity contribution is 5.78. The van der Waals surface area contributed by atoms with Crippen LogP contribution in [0.25, 0.3) is 0 Å². The van der Waals surface area contributed by atoms with Gasteiger partial charge < -0.3 is 14.6 Å². The molecule has 0 bridgehead atoms. The smallest absolute Gasteiger partial charge is 0.410 e. The van der Waals surface area contributed by atoms with E-state index in [1.165, 1.54) is 6.92 Å². The van der Waals surface area contributed by atoms with Gasteiger partial charge in [-0.2, -0.15) is 0 Å². The van der Waals surface area contributed by atoms with E-state index in [-0.39, 0.29) is 13.1 Å². The lowest BCUT2D eigenvalue weighted by Crippen LogP contribution is -2.44. The fourth-order valence-electron chi connectivity index (χ4n) is 1.38. The van der Waals surface area contributed by atoms with E-state index >= 15 is 0 Å². The summed E-state index contributed by atoms with van der Waals surface area (Å²) in [4.78, 5) is 24.9. The molecule has 1 amide bonds. The van der Waals surface area contributed by atoms with Crippen molar-refractivity contribution < 1.29 is 24.2 Å². The Kier molecular flexibility index (Phi) is 6.47. The molecule has 1 N–H and O–H groups in total. The largest absolute Gasteiger partial charge is 0.459 e. The highest BCUT2D eigenvalue weighted by atomic mass is 16.6. The summed E-state index contributed by atoms with van der Waals surface area (Å²) in [7, 11) is 0. The van der Waals surface area contributed by atoms with Crippen LogP contribution in [0.4, 0.5) is 4.79 Å². The van der Waals surface area contributed by atoms with E-state index in [0.717, 1.165) is 4.90 Å². The normalized spacial score (nSPS) is 13.6. The first-order valence-electron chi connectivity index (χ1n) is 6.68. The van der Waals surface area contributed by atoms with E-state index < -0.39 is 29.4 Å². The number of ether oxygens (including phenoxy) is 2. The minimum Gasteiger partial charge on any atom is -0.459 e. The van der Waals surface area contributed by atoms with Crippen LogP contribution in [0.1, 0.15) is 48.5 Å². The van der Waals surface area contributed by atoms with Crippen LogP contribution >= 0.6 is 0 Å². The van der Waals surface area contributed by atoms with Crippen LogP contribution in [-0.2, 0) is 14.3 Å². The summed E-state index contributed by atoms with van der Waals surface area (Å²) < 4.78 is 10.4. The zero-order chi connectivity index (χ0) is 16.1. The molecule has 1 unspecified atom stereocenters. The number of carbonyl (C=O) groups excluding carboxylic acids is 2. The van der Waals surface area contributed by atoms with Crippen molar-refractivity contribution in [3.63, 3.8) is 0 Å². The fourth-order valence-corrected chi connectivity index (χ4v) is 1.38. The van der Waals surface area contributed by atoms with Gasteiger partial charge in [-0.15, -0.1) is 0 Å². The van der Waals surface area contributed by atoms with E-state index in [0.29, 0.717) is 0 Å². The van der Waals surface area contributed by atoms with Crippen molar-refractivity contribution in [3.05, 3.63) is 0 Å². The van der Waals surface area contributed by atoms with Gasteiger partial charge in [0.05, 0.1) is 12.6 Å². The van der Waals surface area contributed by atoms with Gasteiger partial charge >= 0.3 is 12.1 Å². The summed E-state index contributed by atoms with van der Waals surface area (Å²) in [6.45, 7) is 11.7. The first-order valence-corrected chi connectivity index (χ1v) is 6.68. The molecule has 0 aromatic heterocycles. The molecule has 118 valence electrons. The zero-order valence-corrected chi connectivity index (χ0v) is 13.5. The maximum atomic E-state index is 12.0. The van der Waals surface area contributed by atoms with E-state index in [1.807, 2.05) is 0 Å². The van der Waals surface area contributed by atoms with Crippen LogP contribution in [0.2, 0.25) is 0 Å². The highest BCUT2D eigenvalue weighted by Crippen LogP contribution is 2.12. The maximum absolute atomic E-state index is 12.0. The van der Waals surface area contributed by atoms with Crippen LogP contribution in [0.5, 0.6) is 0 Å². The minimum atomic E-state index is -0.759. The molecule has 0 aliphatic rings. The molecule has 0 spiro atoms. The molecule has 1 atom stereocenters. The molecule has 6 nitrogen and oxygen atoms in total. The zero-order valence-electron chi connectivity index (χ0n) is 13.5. The van der Waals surface area contributed by atoms with Crippen LogP contribution in [0, 0.1) is 0 Å². The van der Waals surface area contributed by atoms with Crippen molar-refractivity contribution in [1.82, 2.24) is 4.90 Å². The van der Waals surface area contributed by atoms with E-state index in [9.17, 15) is 14.7 Å². The lowest BCUT2D eigenvalue weighted by molar-refractivity contribution is -0.156.